The second kappa shape index (κ2) is 15.1. The fourth-order valence-electron chi connectivity index (χ4n) is 8.58. The molecule has 0 bridgehead atoms. The lowest BCUT2D eigenvalue weighted by Gasteiger charge is -2.41. The number of amides is 3. The van der Waals surface area contributed by atoms with Crippen LogP contribution in [-0.4, -0.2) is 87.5 Å². The molecule has 56 heavy (non-hydrogen) atoms. The van der Waals surface area contributed by atoms with E-state index in [-0.39, 0.29) is 24.4 Å². The molecule has 1 saturated heterocycles. The lowest BCUT2D eigenvalue weighted by Crippen LogP contribution is -2.52. The van der Waals surface area contributed by atoms with Gasteiger partial charge in [-0.25, -0.2) is 4.79 Å². The highest BCUT2D eigenvalue weighted by molar-refractivity contribution is 6.15. The Morgan fingerprint density at radius 2 is 1.38 bits per heavy atom. The van der Waals surface area contributed by atoms with Gasteiger partial charge in [0, 0.05) is 74.0 Å². The topological polar surface area (TPSA) is 98.0 Å². The Morgan fingerprint density at radius 3 is 2.09 bits per heavy atom. The van der Waals surface area contributed by atoms with Gasteiger partial charge in [0.15, 0.2) is 0 Å². The zero-order valence-corrected chi connectivity index (χ0v) is 31.1. The van der Waals surface area contributed by atoms with E-state index in [4.69, 9.17) is 4.74 Å². The Kier molecular flexibility index (Phi) is 9.58. The van der Waals surface area contributed by atoms with Crippen LogP contribution in [0.1, 0.15) is 43.0 Å². The molecular weight excluding hydrogens is 703 g/mol. The Bertz CT molecular complexity index is 2380. The van der Waals surface area contributed by atoms with Gasteiger partial charge < -0.3 is 24.0 Å². The second-order valence-corrected chi connectivity index (χ2v) is 14.8. The number of ether oxygens (including phenoxy) is 1. The van der Waals surface area contributed by atoms with Crippen LogP contribution >= 0.6 is 0 Å². The van der Waals surface area contributed by atoms with Crippen molar-refractivity contribution in [1.82, 2.24) is 19.1 Å². The number of morpholine rings is 1. The van der Waals surface area contributed by atoms with E-state index in [2.05, 4.69) is 29.2 Å². The molecule has 1 fully saturated rings. The Hall–Kier alpha value is -6.23. The SMILES string of the molecule is O=C(O)N1CCc2cc(-c3cc(C(=O)N(c4ccccc4)c4ccccc4)c4ccccn34)c(C(=O)N3Cc4ccccc4C[C@H]3CN3CCOCC3)cc2C1. The number of carbonyl (C=O) groups excluding carboxylic acids is 2. The molecule has 5 heterocycles. The molecule has 10 heteroatoms. The van der Waals surface area contributed by atoms with Gasteiger partial charge in [-0.1, -0.05) is 66.7 Å². The van der Waals surface area contributed by atoms with Crippen LogP contribution < -0.4 is 4.90 Å². The van der Waals surface area contributed by atoms with Gasteiger partial charge in [-0.2, -0.15) is 0 Å². The summed E-state index contributed by atoms with van der Waals surface area (Å²) in [5.41, 5.74) is 8.82. The molecule has 2 aromatic heterocycles. The van der Waals surface area contributed by atoms with E-state index in [1.807, 2.05) is 113 Å². The van der Waals surface area contributed by atoms with Gasteiger partial charge in [-0.15, -0.1) is 0 Å². The molecule has 1 atom stereocenters. The van der Waals surface area contributed by atoms with E-state index in [0.717, 1.165) is 65.3 Å². The normalized spacial score (nSPS) is 17.0. The average Bonchev–Trinajstić information content (AvgIpc) is 3.63. The van der Waals surface area contributed by atoms with Gasteiger partial charge in [0.05, 0.1) is 30.0 Å². The molecule has 3 amide bonds. The van der Waals surface area contributed by atoms with Crippen molar-refractivity contribution < 1.29 is 24.2 Å². The van der Waals surface area contributed by atoms with Crippen molar-refractivity contribution in [2.24, 2.45) is 0 Å². The first-order valence-electron chi connectivity index (χ1n) is 19.3. The predicted octanol–water partition coefficient (Wildman–Crippen LogP) is 7.52. The van der Waals surface area contributed by atoms with Crippen LogP contribution in [0.4, 0.5) is 16.2 Å². The van der Waals surface area contributed by atoms with Crippen LogP contribution in [0.2, 0.25) is 0 Å². The molecule has 0 spiro atoms. The molecule has 10 nitrogen and oxygen atoms in total. The minimum absolute atomic E-state index is 0.0820. The van der Waals surface area contributed by atoms with Crippen molar-refractivity contribution in [3.05, 3.63) is 161 Å². The van der Waals surface area contributed by atoms with Crippen LogP contribution in [0.15, 0.2) is 128 Å². The molecular formula is C46H43N5O5. The highest BCUT2D eigenvalue weighted by Gasteiger charge is 2.35. The summed E-state index contributed by atoms with van der Waals surface area (Å²) in [6.45, 7) is 4.70. The van der Waals surface area contributed by atoms with Gasteiger partial charge in [0.25, 0.3) is 11.8 Å². The third-order valence-electron chi connectivity index (χ3n) is 11.5. The molecule has 6 aromatic rings. The Labute approximate surface area is 325 Å². The van der Waals surface area contributed by atoms with E-state index in [1.54, 1.807) is 4.90 Å². The molecule has 0 unspecified atom stereocenters. The summed E-state index contributed by atoms with van der Waals surface area (Å²) < 4.78 is 7.66. The molecule has 0 radical (unpaired) electrons. The maximum atomic E-state index is 15.4. The number of aromatic nitrogens is 1. The first-order valence-corrected chi connectivity index (χ1v) is 19.3. The van der Waals surface area contributed by atoms with E-state index in [9.17, 15) is 14.7 Å². The Morgan fingerprint density at radius 1 is 0.696 bits per heavy atom. The summed E-state index contributed by atoms with van der Waals surface area (Å²) in [6.07, 6.45) is 2.21. The van der Waals surface area contributed by atoms with Gasteiger partial charge >= 0.3 is 6.09 Å². The number of rotatable bonds is 7. The number of nitrogens with zero attached hydrogens (tertiary/aromatic N) is 5. The maximum absolute atomic E-state index is 15.4. The summed E-state index contributed by atoms with van der Waals surface area (Å²) >= 11 is 0. The minimum Gasteiger partial charge on any atom is -0.465 e. The minimum atomic E-state index is -0.979. The largest absolute Gasteiger partial charge is 0.465 e. The standard InChI is InChI=1S/C46H43N5O5/c52-44(50-30-34-12-8-7-11-32(34)25-38(50)31-47-21-23-56-24-22-47)40-27-35-29-48(46(54)55)20-18-33(35)26-39(40)43-28-41(42-17-9-10-19-49(42)43)45(53)51(36-13-3-1-4-14-36)37-15-5-2-6-16-37/h1-17,19,26-28,38H,18,20-25,29-31H2,(H,54,55)/t38-/m0/s1. The van der Waals surface area contributed by atoms with Crippen molar-refractivity contribution in [2.75, 3.05) is 44.3 Å². The van der Waals surface area contributed by atoms with Crippen LogP contribution in [-0.2, 0) is 30.7 Å². The number of fused-ring (bicyclic) bond motifs is 3. The van der Waals surface area contributed by atoms with Crippen molar-refractivity contribution >= 4 is 34.8 Å². The highest BCUT2D eigenvalue weighted by Crippen LogP contribution is 2.37. The molecule has 3 aliphatic heterocycles. The van der Waals surface area contributed by atoms with Crippen molar-refractivity contribution in [2.45, 2.75) is 32.0 Å². The molecule has 282 valence electrons. The molecule has 1 N–H and O–H groups in total. The molecule has 0 aliphatic carbocycles. The predicted molar refractivity (Wildman–Crippen MR) is 215 cm³/mol. The first-order chi connectivity index (χ1) is 27.4. The summed E-state index contributed by atoms with van der Waals surface area (Å²) in [5.74, 6) is -0.310. The van der Waals surface area contributed by atoms with Crippen LogP contribution in [0.25, 0.3) is 16.8 Å². The van der Waals surface area contributed by atoms with E-state index < -0.39 is 6.09 Å². The number of benzene rings is 4. The molecule has 0 saturated carbocycles. The fourth-order valence-corrected chi connectivity index (χ4v) is 8.58. The summed E-state index contributed by atoms with van der Waals surface area (Å²) in [5, 5.41) is 9.94. The molecule has 4 aromatic carbocycles. The summed E-state index contributed by atoms with van der Waals surface area (Å²) in [6, 6.07) is 39.2. The van der Waals surface area contributed by atoms with Crippen LogP contribution in [0.5, 0.6) is 0 Å². The quantitative estimate of drug-likeness (QED) is 0.182. The number of anilines is 2. The van der Waals surface area contributed by atoms with Crippen molar-refractivity contribution in [3.63, 3.8) is 0 Å². The smallest absolute Gasteiger partial charge is 0.407 e. The highest BCUT2D eigenvalue weighted by atomic mass is 16.5. The van der Waals surface area contributed by atoms with Gasteiger partial charge in [0.2, 0.25) is 0 Å². The van der Waals surface area contributed by atoms with Gasteiger partial charge in [-0.05, 0) is 89.7 Å². The number of para-hydroxylation sites is 2. The van der Waals surface area contributed by atoms with E-state index in [0.29, 0.717) is 49.4 Å². The third-order valence-corrected chi connectivity index (χ3v) is 11.5. The monoisotopic (exact) mass is 745 g/mol. The van der Waals surface area contributed by atoms with E-state index >= 15 is 4.79 Å². The summed E-state index contributed by atoms with van der Waals surface area (Å²) in [4.78, 5) is 50.0. The first kappa shape index (κ1) is 35.5. The number of carbonyl (C=O) groups is 3. The number of hydrogen-bond donors (Lipinski definition) is 1. The lowest BCUT2D eigenvalue weighted by atomic mass is 9.89. The number of pyridine rings is 1. The van der Waals surface area contributed by atoms with Crippen LogP contribution in [0.3, 0.4) is 0 Å². The fraction of sp³-hybridized carbons (Fsp3) is 0.239. The molecule has 3 aliphatic rings. The number of carboxylic acid groups (broad SMARTS) is 1. The average molecular weight is 746 g/mol. The summed E-state index contributed by atoms with van der Waals surface area (Å²) in [7, 11) is 0. The van der Waals surface area contributed by atoms with Gasteiger partial charge in [0.1, 0.15) is 0 Å². The molecule has 9 rings (SSSR count). The Balaban J connectivity index is 1.19. The van der Waals surface area contributed by atoms with Gasteiger partial charge in [-0.3, -0.25) is 19.4 Å². The van der Waals surface area contributed by atoms with Crippen LogP contribution in [0, 0.1) is 0 Å². The zero-order chi connectivity index (χ0) is 38.2. The maximum Gasteiger partial charge on any atom is 0.407 e. The second-order valence-electron chi connectivity index (χ2n) is 14.8. The zero-order valence-electron chi connectivity index (χ0n) is 31.1. The lowest BCUT2D eigenvalue weighted by molar-refractivity contribution is 0.0193. The van der Waals surface area contributed by atoms with E-state index in [1.165, 1.54) is 10.5 Å². The van der Waals surface area contributed by atoms with Crippen molar-refractivity contribution in [1.29, 1.82) is 0 Å². The third kappa shape index (κ3) is 6.71. The van der Waals surface area contributed by atoms with Crippen molar-refractivity contribution in [3.8, 4) is 11.3 Å². The number of hydrogen-bond acceptors (Lipinski definition) is 5.